The summed E-state index contributed by atoms with van der Waals surface area (Å²) in [7, 11) is 1.92. The van der Waals surface area contributed by atoms with Crippen LogP contribution in [0.2, 0.25) is 0 Å². The SMILES string of the molecule is [C-]#[N+]C(=Cc1ccc(-c2ccc(-c3ccc(N(c4ccc(C=Cc5cc6ccc(C(CC)NC)cc6oc5=O)cc4)c4ccc(C=Cc5cc6ccc(N(CC)CC)cc6oc5=O)cc4)cc3)s2)s1)C(=O)O. The Morgan fingerprint density at radius 2 is 1.15 bits per heavy atom. The molecule has 0 fully saturated rings. The standard InChI is InChI=1S/C60H50N4O6S2/c1-6-51(61-4)41-17-18-42-33-44(59(67)69-53(42)35-41)15-9-38-11-22-46(23-12-38)64(48-26-19-40(20-27-48)55-31-32-57(72-55)56-30-29-50(71-56)37-52(62-5)58(65)66)47-24-13-39(14-25-47)10-16-45-34-43-21-28-49(63(7-2)8-3)36-54(43)70-60(45)68/h9-37,51,61H,6-8H2,1-4H3,(H,65,66). The number of thiophene rings is 2. The van der Waals surface area contributed by atoms with Crippen molar-refractivity contribution in [3.05, 3.63) is 216 Å². The summed E-state index contributed by atoms with van der Waals surface area (Å²) in [6.45, 7) is 15.2. The molecular weight excluding hydrogens is 937 g/mol. The highest BCUT2D eigenvalue weighted by molar-refractivity contribution is 7.24. The average molecular weight is 987 g/mol. The number of nitrogens with one attached hydrogen (secondary N) is 1. The van der Waals surface area contributed by atoms with E-state index in [4.69, 9.17) is 15.4 Å². The Bertz CT molecular complexity index is 3520. The van der Waals surface area contributed by atoms with Crippen molar-refractivity contribution < 1.29 is 18.7 Å². The number of rotatable bonds is 17. The molecular formula is C60H50N4O6S2. The third kappa shape index (κ3) is 10.7. The molecule has 0 saturated carbocycles. The van der Waals surface area contributed by atoms with Crippen LogP contribution in [0.1, 0.15) is 65.9 Å². The van der Waals surface area contributed by atoms with Crippen molar-refractivity contribution in [3.63, 3.8) is 0 Å². The highest BCUT2D eigenvalue weighted by Gasteiger charge is 2.16. The van der Waals surface area contributed by atoms with E-state index < -0.39 is 17.2 Å². The van der Waals surface area contributed by atoms with E-state index >= 15 is 0 Å². The van der Waals surface area contributed by atoms with Gasteiger partial charge in [-0.25, -0.2) is 14.4 Å². The Labute approximate surface area is 425 Å². The molecule has 10 nitrogen and oxygen atoms in total. The number of hydrogen-bond acceptors (Lipinski definition) is 10. The summed E-state index contributed by atoms with van der Waals surface area (Å²) >= 11 is 3.08. The van der Waals surface area contributed by atoms with Crippen LogP contribution < -0.4 is 26.4 Å². The number of carbonyl (C=O) groups is 1. The maximum atomic E-state index is 13.1. The topological polar surface area (TPSA) is 121 Å². The smallest absolute Gasteiger partial charge is 0.343 e. The molecule has 2 N–H and O–H groups in total. The quantitative estimate of drug-likeness (QED) is 0.0522. The minimum Gasteiger partial charge on any atom is -0.486 e. The molecule has 72 heavy (non-hydrogen) atoms. The van der Waals surface area contributed by atoms with Crippen molar-refractivity contribution in [2.75, 3.05) is 29.9 Å². The normalized spacial score (nSPS) is 12.2. The van der Waals surface area contributed by atoms with E-state index in [0.29, 0.717) is 27.2 Å². The lowest BCUT2D eigenvalue weighted by Gasteiger charge is -2.26. The fraction of sp³-hybridized carbons (Fsp3) is 0.133. The lowest BCUT2D eigenvalue weighted by molar-refractivity contribution is -0.132. The van der Waals surface area contributed by atoms with Gasteiger partial charge in [-0.15, -0.1) is 22.7 Å². The molecule has 1 atom stereocenters. The summed E-state index contributed by atoms with van der Waals surface area (Å²) in [6.07, 6.45) is 9.72. The Morgan fingerprint density at radius 3 is 1.69 bits per heavy atom. The maximum absolute atomic E-state index is 13.1. The Kier molecular flexibility index (Phi) is 14.7. The Balaban J connectivity index is 0.990. The summed E-state index contributed by atoms with van der Waals surface area (Å²) in [5.74, 6) is -1.24. The van der Waals surface area contributed by atoms with Crippen molar-refractivity contribution in [2.24, 2.45) is 0 Å². The van der Waals surface area contributed by atoms with Gasteiger partial charge in [0.05, 0.1) is 17.7 Å². The van der Waals surface area contributed by atoms with Gasteiger partial charge in [0.25, 0.3) is 5.70 Å². The number of benzene rings is 5. The summed E-state index contributed by atoms with van der Waals surface area (Å²) in [6, 6.07) is 48.5. The van der Waals surface area contributed by atoms with Crippen LogP contribution in [-0.4, -0.2) is 31.2 Å². The Hall–Kier alpha value is -8.34. The van der Waals surface area contributed by atoms with Crippen LogP contribution in [0.15, 0.2) is 170 Å². The maximum Gasteiger partial charge on any atom is 0.343 e. The minimum atomic E-state index is -1.24. The van der Waals surface area contributed by atoms with Crippen molar-refractivity contribution in [1.82, 2.24) is 5.32 Å². The third-order valence-electron chi connectivity index (χ3n) is 12.5. The number of anilines is 4. The van der Waals surface area contributed by atoms with Crippen molar-refractivity contribution in [3.8, 4) is 20.2 Å². The van der Waals surface area contributed by atoms with Crippen molar-refractivity contribution in [2.45, 2.75) is 33.2 Å². The highest BCUT2D eigenvalue weighted by atomic mass is 32.1. The van der Waals surface area contributed by atoms with Crippen LogP contribution >= 0.6 is 22.7 Å². The first kappa shape index (κ1) is 48.7. The molecule has 358 valence electrons. The molecule has 0 aliphatic carbocycles. The zero-order valence-corrected chi connectivity index (χ0v) is 41.7. The number of hydrogen-bond donors (Lipinski definition) is 2. The lowest BCUT2D eigenvalue weighted by atomic mass is 10.0. The summed E-state index contributed by atoms with van der Waals surface area (Å²) < 4.78 is 11.6. The van der Waals surface area contributed by atoms with Gasteiger partial charge in [0.1, 0.15) is 11.2 Å². The molecule has 9 rings (SSSR count). The van der Waals surface area contributed by atoms with E-state index in [-0.39, 0.29) is 11.7 Å². The molecule has 4 aromatic heterocycles. The zero-order chi connectivity index (χ0) is 50.3. The van der Waals surface area contributed by atoms with Crippen LogP contribution in [0.25, 0.3) is 77.4 Å². The first-order valence-corrected chi connectivity index (χ1v) is 25.2. The number of nitrogens with zero attached hydrogens (tertiary/aromatic N) is 3. The van der Waals surface area contributed by atoms with Gasteiger partial charge in [-0.05, 0) is 159 Å². The molecule has 9 aromatic rings. The fourth-order valence-corrected chi connectivity index (χ4v) is 10.7. The molecule has 0 spiro atoms. The van der Waals surface area contributed by atoms with E-state index in [1.807, 2.05) is 92.0 Å². The second-order valence-electron chi connectivity index (χ2n) is 17.0. The van der Waals surface area contributed by atoms with E-state index in [1.165, 1.54) is 17.4 Å². The molecule has 12 heteroatoms. The second kappa shape index (κ2) is 21.7. The van der Waals surface area contributed by atoms with E-state index in [1.54, 1.807) is 23.5 Å². The predicted molar refractivity (Wildman–Crippen MR) is 298 cm³/mol. The van der Waals surface area contributed by atoms with E-state index in [9.17, 15) is 19.5 Å². The van der Waals surface area contributed by atoms with Gasteiger partial charge >= 0.3 is 17.2 Å². The molecule has 0 radical (unpaired) electrons. The summed E-state index contributed by atoms with van der Waals surface area (Å²) in [4.78, 5) is 49.0. The lowest BCUT2D eigenvalue weighted by Crippen LogP contribution is -2.21. The first-order valence-electron chi connectivity index (χ1n) is 23.6. The number of carboxylic acids is 1. The first-order chi connectivity index (χ1) is 35.0. The molecule has 1 unspecified atom stereocenters. The fourth-order valence-electron chi connectivity index (χ4n) is 8.63. The number of carboxylic acid groups (broad SMARTS) is 1. The van der Waals surface area contributed by atoms with Crippen LogP contribution in [-0.2, 0) is 4.79 Å². The number of aliphatic carboxylic acids is 1. The van der Waals surface area contributed by atoms with Gasteiger partial charge in [-0.2, -0.15) is 0 Å². The number of fused-ring (bicyclic) bond motifs is 2. The Morgan fingerprint density at radius 1 is 0.639 bits per heavy atom. The van der Waals surface area contributed by atoms with E-state index in [0.717, 1.165) is 89.9 Å². The van der Waals surface area contributed by atoms with Crippen LogP contribution in [0, 0.1) is 6.57 Å². The largest absolute Gasteiger partial charge is 0.486 e. The molecule has 0 amide bonds. The van der Waals surface area contributed by atoms with Gasteiger partial charge in [0.2, 0.25) is 0 Å². The predicted octanol–water partition coefficient (Wildman–Crippen LogP) is 15.0. The van der Waals surface area contributed by atoms with Gasteiger partial charge in [0, 0.05) is 78.2 Å². The van der Waals surface area contributed by atoms with Crippen LogP contribution in [0.4, 0.5) is 22.7 Å². The van der Waals surface area contributed by atoms with Crippen molar-refractivity contribution >= 4 is 104 Å². The summed E-state index contributed by atoms with van der Waals surface area (Å²) in [5, 5.41) is 14.3. The molecule has 0 bridgehead atoms. The third-order valence-corrected chi connectivity index (χ3v) is 14.9. The van der Waals surface area contributed by atoms with Gasteiger partial charge in [-0.1, -0.05) is 67.6 Å². The molecule has 0 aliphatic rings. The monoisotopic (exact) mass is 986 g/mol. The van der Waals surface area contributed by atoms with E-state index in [2.05, 4.69) is 114 Å². The molecule has 4 heterocycles. The summed E-state index contributed by atoms with van der Waals surface area (Å²) in [5.41, 5.74) is 8.63. The molecule has 0 aliphatic heterocycles. The van der Waals surface area contributed by atoms with Crippen molar-refractivity contribution in [1.29, 1.82) is 0 Å². The van der Waals surface area contributed by atoms with Crippen LogP contribution in [0.5, 0.6) is 0 Å². The van der Waals surface area contributed by atoms with Gasteiger partial charge in [-0.3, -0.25) is 4.79 Å². The second-order valence-corrected chi connectivity index (χ2v) is 19.2. The molecule has 0 saturated heterocycles. The zero-order valence-electron chi connectivity index (χ0n) is 40.1. The molecule has 5 aromatic carbocycles. The average Bonchev–Trinajstić information content (AvgIpc) is 4.09. The van der Waals surface area contributed by atoms with Gasteiger partial charge < -0.3 is 29.1 Å². The van der Waals surface area contributed by atoms with Crippen LogP contribution in [0.3, 0.4) is 0 Å². The highest BCUT2D eigenvalue weighted by Crippen LogP contribution is 2.41. The van der Waals surface area contributed by atoms with Gasteiger partial charge in [0.15, 0.2) is 0 Å². The minimum absolute atomic E-state index is 0.173.